The van der Waals surface area contributed by atoms with Crippen molar-refractivity contribution >= 4 is 17.7 Å². The van der Waals surface area contributed by atoms with E-state index in [2.05, 4.69) is 25.6 Å². The fraction of sp³-hybridized carbons (Fsp3) is 0.267. The SMILES string of the molecule is COc1c(NC(=O)OC(C)(C)C)cnc(CNC(=O)c2ccnc(Cc3ccc(Cn4ccccc4=O)nc3)c2)c1F. The summed E-state index contributed by atoms with van der Waals surface area (Å²) >= 11 is 0. The Morgan fingerprint density at radius 3 is 2.52 bits per heavy atom. The second kappa shape index (κ2) is 13.0. The van der Waals surface area contributed by atoms with Gasteiger partial charge in [0, 0.05) is 42.3 Å². The number of rotatable bonds is 9. The van der Waals surface area contributed by atoms with Gasteiger partial charge in [0.05, 0.1) is 37.8 Å². The number of methoxy groups -OCH3 is 1. The molecule has 218 valence electrons. The number of nitrogens with one attached hydrogen (secondary N) is 2. The first kappa shape index (κ1) is 29.8. The Balaban J connectivity index is 1.37. The highest BCUT2D eigenvalue weighted by atomic mass is 19.1. The highest BCUT2D eigenvalue weighted by molar-refractivity contribution is 5.94. The molecule has 42 heavy (non-hydrogen) atoms. The lowest BCUT2D eigenvalue weighted by atomic mass is 10.1. The van der Waals surface area contributed by atoms with Crippen molar-refractivity contribution in [3.63, 3.8) is 0 Å². The van der Waals surface area contributed by atoms with Crippen LogP contribution in [0.15, 0.2) is 72.0 Å². The zero-order valence-corrected chi connectivity index (χ0v) is 23.7. The zero-order chi connectivity index (χ0) is 30.3. The summed E-state index contributed by atoms with van der Waals surface area (Å²) in [6.45, 7) is 5.24. The van der Waals surface area contributed by atoms with Gasteiger partial charge in [0.25, 0.3) is 11.5 Å². The number of carbonyl (C=O) groups excluding carboxylic acids is 2. The molecule has 0 spiro atoms. The average Bonchev–Trinajstić information content (AvgIpc) is 2.94. The Hall–Kier alpha value is -5.13. The number of pyridine rings is 4. The van der Waals surface area contributed by atoms with E-state index in [0.29, 0.717) is 24.2 Å². The minimum absolute atomic E-state index is 0.00500. The first-order valence-corrected chi connectivity index (χ1v) is 13.1. The second-order valence-electron chi connectivity index (χ2n) is 10.3. The second-order valence-corrected chi connectivity index (χ2v) is 10.3. The van der Waals surface area contributed by atoms with E-state index in [0.717, 1.165) is 11.3 Å². The molecule has 4 aromatic rings. The maximum atomic E-state index is 15.1. The van der Waals surface area contributed by atoms with Crippen LogP contribution in [-0.2, 0) is 24.2 Å². The maximum Gasteiger partial charge on any atom is 0.412 e. The molecule has 0 aromatic carbocycles. The molecule has 0 atom stereocenters. The van der Waals surface area contributed by atoms with Gasteiger partial charge in [-0.25, -0.2) is 9.18 Å². The fourth-order valence-electron chi connectivity index (χ4n) is 3.94. The van der Waals surface area contributed by atoms with Crippen LogP contribution >= 0.6 is 0 Å². The smallest absolute Gasteiger partial charge is 0.412 e. The van der Waals surface area contributed by atoms with Crippen molar-refractivity contribution in [2.24, 2.45) is 0 Å². The number of aromatic nitrogens is 4. The molecule has 0 saturated carbocycles. The molecule has 0 radical (unpaired) electrons. The molecule has 0 unspecified atom stereocenters. The lowest BCUT2D eigenvalue weighted by Crippen LogP contribution is -2.28. The van der Waals surface area contributed by atoms with Crippen molar-refractivity contribution < 1.29 is 23.5 Å². The Morgan fingerprint density at radius 2 is 1.83 bits per heavy atom. The summed E-state index contributed by atoms with van der Waals surface area (Å²) in [5.41, 5.74) is 1.66. The number of amides is 2. The van der Waals surface area contributed by atoms with Crippen molar-refractivity contribution in [1.82, 2.24) is 24.8 Å². The summed E-state index contributed by atoms with van der Waals surface area (Å²) in [7, 11) is 1.26. The van der Waals surface area contributed by atoms with Crippen molar-refractivity contribution in [3.8, 4) is 5.75 Å². The summed E-state index contributed by atoms with van der Waals surface area (Å²) in [4.78, 5) is 49.7. The minimum Gasteiger partial charge on any atom is -0.491 e. The number of carbonyl (C=O) groups is 2. The van der Waals surface area contributed by atoms with Crippen LogP contribution in [0, 0.1) is 5.82 Å². The van der Waals surface area contributed by atoms with E-state index in [9.17, 15) is 14.4 Å². The summed E-state index contributed by atoms with van der Waals surface area (Å²) in [5.74, 6) is -1.51. The predicted octanol–water partition coefficient (Wildman–Crippen LogP) is 4.10. The molecular formula is C30H31FN6O5. The van der Waals surface area contributed by atoms with Crippen molar-refractivity contribution in [2.75, 3.05) is 12.4 Å². The molecule has 4 aromatic heterocycles. The third kappa shape index (κ3) is 7.96. The third-order valence-electron chi connectivity index (χ3n) is 5.88. The number of ether oxygens (including phenoxy) is 2. The number of hydrogen-bond donors (Lipinski definition) is 2. The molecule has 0 aliphatic carbocycles. The van der Waals surface area contributed by atoms with E-state index in [-0.39, 0.29) is 29.2 Å². The van der Waals surface area contributed by atoms with E-state index in [1.54, 1.807) is 62.0 Å². The molecule has 2 N–H and O–H groups in total. The van der Waals surface area contributed by atoms with Gasteiger partial charge in [-0.2, -0.15) is 0 Å². The molecule has 2 amide bonds. The molecule has 4 heterocycles. The molecule has 11 nitrogen and oxygen atoms in total. The highest BCUT2D eigenvalue weighted by Gasteiger charge is 2.21. The van der Waals surface area contributed by atoms with Gasteiger partial charge < -0.3 is 19.4 Å². The summed E-state index contributed by atoms with van der Waals surface area (Å²) in [5, 5.41) is 5.07. The topological polar surface area (TPSA) is 137 Å². The largest absolute Gasteiger partial charge is 0.491 e. The molecular weight excluding hydrogens is 543 g/mol. The van der Waals surface area contributed by atoms with E-state index < -0.39 is 23.4 Å². The molecule has 0 bridgehead atoms. The lowest BCUT2D eigenvalue weighted by Gasteiger charge is -2.20. The van der Waals surface area contributed by atoms with Crippen LogP contribution in [0.2, 0.25) is 0 Å². The minimum atomic E-state index is -0.824. The summed E-state index contributed by atoms with van der Waals surface area (Å²) < 4.78 is 27.0. The van der Waals surface area contributed by atoms with Gasteiger partial charge in [0.2, 0.25) is 0 Å². The third-order valence-corrected chi connectivity index (χ3v) is 5.88. The van der Waals surface area contributed by atoms with E-state index in [1.165, 1.54) is 25.6 Å². The normalized spacial score (nSPS) is 11.1. The van der Waals surface area contributed by atoms with Gasteiger partial charge >= 0.3 is 6.09 Å². The average molecular weight is 575 g/mol. The van der Waals surface area contributed by atoms with Crippen LogP contribution in [0.5, 0.6) is 5.75 Å². The summed E-state index contributed by atoms with van der Waals surface area (Å²) in [6, 6.07) is 11.9. The fourth-order valence-corrected chi connectivity index (χ4v) is 3.94. The molecule has 0 fully saturated rings. The Labute approximate surface area is 241 Å². The van der Waals surface area contributed by atoms with Crippen LogP contribution in [0.3, 0.4) is 0 Å². The van der Waals surface area contributed by atoms with Crippen LogP contribution in [0.25, 0.3) is 0 Å². The van der Waals surface area contributed by atoms with Crippen LogP contribution < -0.4 is 20.9 Å². The summed E-state index contributed by atoms with van der Waals surface area (Å²) in [6.07, 6.45) is 5.81. The predicted molar refractivity (Wildman–Crippen MR) is 153 cm³/mol. The number of hydrogen-bond acceptors (Lipinski definition) is 8. The number of anilines is 1. The lowest BCUT2D eigenvalue weighted by molar-refractivity contribution is 0.0635. The Kier molecular flexibility index (Phi) is 9.25. The van der Waals surface area contributed by atoms with E-state index >= 15 is 4.39 Å². The monoisotopic (exact) mass is 574 g/mol. The standard InChI is InChI=1S/C30H31FN6O5/c1-30(2,3)42-29(40)36-24-17-34-23(26(31)27(24)41-4)16-35-28(39)20-10-11-32-22(14-20)13-19-8-9-21(33-15-19)18-37-12-6-5-7-25(37)38/h5-12,14-15,17H,13,16,18H2,1-4H3,(H,35,39)(H,36,40). The maximum absolute atomic E-state index is 15.1. The van der Waals surface area contributed by atoms with Crippen LogP contribution in [0.1, 0.15) is 53.8 Å². The Morgan fingerprint density at radius 1 is 1.02 bits per heavy atom. The molecule has 4 rings (SSSR count). The number of halogens is 1. The van der Waals surface area contributed by atoms with Crippen molar-refractivity contribution in [1.29, 1.82) is 0 Å². The van der Waals surface area contributed by atoms with Gasteiger partial charge in [-0.1, -0.05) is 12.1 Å². The molecule has 0 saturated heterocycles. The zero-order valence-electron chi connectivity index (χ0n) is 23.7. The first-order chi connectivity index (χ1) is 20.0. The van der Waals surface area contributed by atoms with Gasteiger partial charge in [-0.15, -0.1) is 0 Å². The van der Waals surface area contributed by atoms with Crippen molar-refractivity contribution in [2.45, 2.75) is 45.9 Å². The van der Waals surface area contributed by atoms with Crippen molar-refractivity contribution in [3.05, 3.63) is 112 Å². The first-order valence-electron chi connectivity index (χ1n) is 13.1. The Bertz CT molecular complexity index is 1630. The molecule has 0 aliphatic rings. The van der Waals surface area contributed by atoms with Gasteiger partial charge in [-0.05, 0) is 50.6 Å². The van der Waals surface area contributed by atoms with E-state index in [1.807, 2.05) is 12.1 Å². The number of nitrogens with zero attached hydrogens (tertiary/aromatic N) is 4. The van der Waals surface area contributed by atoms with Gasteiger partial charge in [0.1, 0.15) is 11.3 Å². The van der Waals surface area contributed by atoms with Gasteiger partial charge in [0.15, 0.2) is 11.6 Å². The van der Waals surface area contributed by atoms with E-state index in [4.69, 9.17) is 9.47 Å². The highest BCUT2D eigenvalue weighted by Crippen LogP contribution is 2.29. The van der Waals surface area contributed by atoms with Crippen LogP contribution in [0.4, 0.5) is 14.9 Å². The molecule has 0 aliphatic heterocycles. The molecule has 12 heteroatoms. The van der Waals surface area contributed by atoms with Crippen LogP contribution in [-0.4, -0.2) is 44.2 Å². The van der Waals surface area contributed by atoms with Gasteiger partial charge in [-0.3, -0.25) is 29.9 Å². The quantitative estimate of drug-likeness (QED) is 0.305.